The summed E-state index contributed by atoms with van der Waals surface area (Å²) in [7, 11) is 0. The monoisotopic (exact) mass is 522 g/mol. The van der Waals surface area contributed by atoms with E-state index in [4.69, 9.17) is 4.74 Å². The van der Waals surface area contributed by atoms with E-state index in [0.717, 1.165) is 12.8 Å². The first kappa shape index (κ1) is 29.0. The van der Waals surface area contributed by atoms with Gasteiger partial charge in [0.1, 0.15) is 6.04 Å². The van der Waals surface area contributed by atoms with E-state index in [1.807, 2.05) is 11.8 Å². The molecule has 0 saturated carbocycles. The van der Waals surface area contributed by atoms with Crippen LogP contribution in [0.25, 0.3) is 0 Å². The van der Waals surface area contributed by atoms with E-state index >= 15 is 0 Å². The van der Waals surface area contributed by atoms with Crippen molar-refractivity contribution in [3.05, 3.63) is 12.7 Å². The van der Waals surface area contributed by atoms with Crippen LogP contribution in [-0.2, 0) is 19.1 Å². The van der Waals surface area contributed by atoms with Crippen LogP contribution in [0.1, 0.15) is 74.7 Å². The Morgan fingerprint density at radius 3 is 2.44 bits per heavy atom. The van der Waals surface area contributed by atoms with Gasteiger partial charge in [0.05, 0.1) is 35.8 Å². The third-order valence-corrected chi connectivity index (χ3v) is 10.4. The molecule has 3 rings (SSSR count). The predicted molar refractivity (Wildman–Crippen MR) is 143 cm³/mol. The summed E-state index contributed by atoms with van der Waals surface area (Å²) in [5.41, 5.74) is -0.506. The fourth-order valence-corrected chi connectivity index (χ4v) is 9.75. The summed E-state index contributed by atoms with van der Waals surface area (Å²) >= 11 is 1.64. The Kier molecular flexibility index (Phi) is 8.32. The highest BCUT2D eigenvalue weighted by Gasteiger charge is 2.77. The molecular weight excluding hydrogens is 476 g/mol. The Morgan fingerprint density at radius 1 is 1.31 bits per heavy atom. The molecule has 2 bridgehead atoms. The number of rotatable bonds is 10. The number of carbonyl (C=O) groups is 3. The Bertz CT molecular complexity index is 880. The van der Waals surface area contributed by atoms with Gasteiger partial charge in [0, 0.05) is 17.3 Å². The summed E-state index contributed by atoms with van der Waals surface area (Å²) < 4.78 is 4.70. The van der Waals surface area contributed by atoms with E-state index in [2.05, 4.69) is 48.1 Å². The second-order valence-electron chi connectivity index (χ2n) is 12.6. The van der Waals surface area contributed by atoms with E-state index in [-0.39, 0.29) is 47.6 Å². The van der Waals surface area contributed by atoms with Crippen LogP contribution in [0, 0.1) is 23.2 Å². The van der Waals surface area contributed by atoms with Crippen molar-refractivity contribution in [3.63, 3.8) is 0 Å². The number of hydrogen-bond acceptors (Lipinski definition) is 6. The Balaban J connectivity index is 2.16. The number of nitrogens with zero attached hydrogens (tertiary/aromatic N) is 2. The van der Waals surface area contributed by atoms with Crippen molar-refractivity contribution in [2.45, 2.75) is 102 Å². The van der Waals surface area contributed by atoms with Gasteiger partial charge in [0.2, 0.25) is 11.8 Å². The van der Waals surface area contributed by atoms with Crippen molar-refractivity contribution in [2.24, 2.45) is 23.2 Å². The molecule has 1 N–H and O–H groups in total. The van der Waals surface area contributed by atoms with Crippen LogP contribution in [-0.4, -0.2) is 80.1 Å². The molecule has 2 amide bonds. The molecular formula is C28H46N2O5S. The van der Waals surface area contributed by atoms with E-state index < -0.39 is 34.2 Å². The summed E-state index contributed by atoms with van der Waals surface area (Å²) in [6.07, 6.45) is 3.79. The number of ether oxygens (including phenoxy) is 1. The number of thioether (sulfide) groups is 1. The van der Waals surface area contributed by atoms with Crippen LogP contribution in [0.3, 0.4) is 0 Å². The summed E-state index contributed by atoms with van der Waals surface area (Å²) in [6, 6.07) is -1.24. The first-order chi connectivity index (χ1) is 16.7. The number of aliphatic hydroxyl groups is 1. The SMILES string of the molecule is C=CCN(C(=O)C1N([C@@H](CC)CO)C(=O)[C@@H]2[C@@H](C(=O)OCC)[C@H]3CC(C)C12S3)C(C)(C)CC(C)(C)C. The molecule has 0 aliphatic carbocycles. The normalized spacial score (nSPS) is 32.4. The maximum absolute atomic E-state index is 14.7. The topological polar surface area (TPSA) is 87.2 Å². The summed E-state index contributed by atoms with van der Waals surface area (Å²) in [5.74, 6) is -1.77. The van der Waals surface area contributed by atoms with Crippen molar-refractivity contribution in [2.75, 3.05) is 19.8 Å². The van der Waals surface area contributed by atoms with Gasteiger partial charge in [-0.05, 0) is 51.4 Å². The van der Waals surface area contributed by atoms with Crippen LogP contribution in [0.5, 0.6) is 0 Å². The zero-order valence-electron chi connectivity index (χ0n) is 23.4. The Labute approximate surface area is 221 Å². The van der Waals surface area contributed by atoms with Crippen molar-refractivity contribution in [1.29, 1.82) is 0 Å². The quantitative estimate of drug-likeness (QED) is 0.346. The highest BCUT2D eigenvalue weighted by Crippen LogP contribution is 2.69. The zero-order valence-corrected chi connectivity index (χ0v) is 24.2. The smallest absolute Gasteiger partial charge is 0.310 e. The second-order valence-corrected chi connectivity index (χ2v) is 14.1. The minimum Gasteiger partial charge on any atom is -0.466 e. The molecule has 3 fully saturated rings. The van der Waals surface area contributed by atoms with E-state index in [0.29, 0.717) is 13.0 Å². The number of hydrogen-bond donors (Lipinski definition) is 1. The van der Waals surface area contributed by atoms with Gasteiger partial charge in [0.25, 0.3) is 0 Å². The fourth-order valence-electron chi connectivity index (χ4n) is 7.36. The molecule has 3 heterocycles. The minimum absolute atomic E-state index is 0.0187. The summed E-state index contributed by atoms with van der Waals surface area (Å²) in [4.78, 5) is 45.5. The highest BCUT2D eigenvalue weighted by atomic mass is 32.2. The van der Waals surface area contributed by atoms with E-state index in [9.17, 15) is 19.5 Å². The van der Waals surface area contributed by atoms with Crippen LogP contribution >= 0.6 is 11.8 Å². The lowest BCUT2D eigenvalue weighted by atomic mass is 9.66. The molecule has 3 aliphatic rings. The summed E-state index contributed by atoms with van der Waals surface area (Å²) in [6.45, 7) is 20.7. The van der Waals surface area contributed by atoms with Gasteiger partial charge >= 0.3 is 5.97 Å². The van der Waals surface area contributed by atoms with Crippen LogP contribution in [0.15, 0.2) is 12.7 Å². The molecule has 204 valence electrons. The average Bonchev–Trinajstić information content (AvgIpc) is 3.35. The van der Waals surface area contributed by atoms with Crippen LogP contribution in [0.2, 0.25) is 0 Å². The highest BCUT2D eigenvalue weighted by molar-refractivity contribution is 8.02. The predicted octanol–water partition coefficient (Wildman–Crippen LogP) is 3.89. The Hall–Kier alpha value is -1.54. The molecule has 0 aromatic rings. The third-order valence-electron chi connectivity index (χ3n) is 8.32. The van der Waals surface area contributed by atoms with Gasteiger partial charge in [-0.2, -0.15) is 0 Å². The van der Waals surface area contributed by atoms with Gasteiger partial charge in [0.15, 0.2) is 0 Å². The summed E-state index contributed by atoms with van der Waals surface area (Å²) in [5, 5.41) is 10.2. The molecule has 36 heavy (non-hydrogen) atoms. The van der Waals surface area contributed by atoms with Gasteiger partial charge in [-0.1, -0.05) is 40.7 Å². The largest absolute Gasteiger partial charge is 0.466 e. The second kappa shape index (κ2) is 10.3. The number of likely N-dealkylation sites (tertiary alicyclic amines) is 1. The first-order valence-electron chi connectivity index (χ1n) is 13.4. The lowest BCUT2D eigenvalue weighted by Crippen LogP contribution is -2.62. The maximum Gasteiger partial charge on any atom is 0.310 e. The number of fused-ring (bicyclic) bond motifs is 1. The zero-order chi connectivity index (χ0) is 27.2. The molecule has 0 radical (unpaired) electrons. The van der Waals surface area contributed by atoms with Gasteiger partial charge in [-0.25, -0.2) is 0 Å². The molecule has 1 spiro atoms. The van der Waals surface area contributed by atoms with Crippen molar-refractivity contribution in [3.8, 4) is 0 Å². The third kappa shape index (κ3) is 4.61. The van der Waals surface area contributed by atoms with Crippen molar-refractivity contribution >= 4 is 29.5 Å². The maximum atomic E-state index is 14.7. The van der Waals surface area contributed by atoms with Gasteiger partial charge in [-0.3, -0.25) is 14.4 Å². The van der Waals surface area contributed by atoms with Crippen molar-refractivity contribution < 1.29 is 24.2 Å². The van der Waals surface area contributed by atoms with E-state index in [1.54, 1.807) is 29.7 Å². The molecule has 3 unspecified atom stereocenters. The van der Waals surface area contributed by atoms with E-state index in [1.165, 1.54) is 0 Å². The van der Waals surface area contributed by atoms with Gasteiger partial charge < -0.3 is 19.6 Å². The standard InChI is InChI=1S/C28H46N2O5S/c1-10-13-29(27(8,9)16-26(5,6)7)24(33)22-28-17(4)14-19(36-28)20(25(34)35-12-3)21(28)23(32)30(22)18(11-2)15-31/h10,17-22,31H,1,11-16H2,2-9H3/t17?,18-,19+,20-,21-,22?,28?/m0/s1. The van der Waals surface area contributed by atoms with Crippen LogP contribution < -0.4 is 0 Å². The molecule has 7 nitrogen and oxygen atoms in total. The molecule has 0 aromatic carbocycles. The molecule has 0 aromatic heterocycles. The lowest BCUT2D eigenvalue weighted by Gasteiger charge is -2.47. The van der Waals surface area contributed by atoms with Crippen molar-refractivity contribution in [1.82, 2.24) is 9.80 Å². The van der Waals surface area contributed by atoms with Crippen LogP contribution in [0.4, 0.5) is 0 Å². The first-order valence-corrected chi connectivity index (χ1v) is 14.3. The number of aliphatic hydroxyl groups excluding tert-OH is 1. The number of amides is 2. The molecule has 3 saturated heterocycles. The molecule has 7 atom stereocenters. The number of carbonyl (C=O) groups excluding carboxylic acids is 3. The Morgan fingerprint density at radius 2 is 1.94 bits per heavy atom. The molecule has 8 heteroatoms. The lowest BCUT2D eigenvalue weighted by molar-refractivity contribution is -0.154. The minimum atomic E-state index is -0.754. The number of esters is 1. The molecule has 3 aliphatic heterocycles. The average molecular weight is 523 g/mol. The fraction of sp³-hybridized carbons (Fsp3) is 0.821. The van der Waals surface area contributed by atoms with Gasteiger partial charge in [-0.15, -0.1) is 18.3 Å².